The maximum Gasteiger partial charge on any atom is 0.125 e. The summed E-state index contributed by atoms with van der Waals surface area (Å²) >= 11 is 1.54. The maximum absolute atomic E-state index is 13.3. The van der Waals surface area contributed by atoms with Crippen molar-refractivity contribution in [1.82, 2.24) is 0 Å². The molecule has 2 aromatic carbocycles. The fourth-order valence-electron chi connectivity index (χ4n) is 1.64. The van der Waals surface area contributed by atoms with Crippen LogP contribution in [0.25, 0.3) is 0 Å². The van der Waals surface area contributed by atoms with Crippen molar-refractivity contribution in [2.24, 2.45) is 0 Å². The molecule has 3 heteroatoms. The van der Waals surface area contributed by atoms with E-state index in [1.54, 1.807) is 17.8 Å². The Kier molecular flexibility index (Phi) is 4.01. The zero-order chi connectivity index (χ0) is 13.0. The molecule has 0 aliphatic heterocycles. The zero-order valence-corrected chi connectivity index (χ0v) is 10.8. The molecule has 0 amide bonds. The second-order valence-electron chi connectivity index (χ2n) is 4.00. The van der Waals surface area contributed by atoms with Gasteiger partial charge in [0.25, 0.3) is 0 Å². The van der Waals surface area contributed by atoms with Gasteiger partial charge in [-0.05, 0) is 36.2 Å². The summed E-state index contributed by atoms with van der Waals surface area (Å²) in [4.78, 5) is 0.787. The van der Waals surface area contributed by atoms with E-state index >= 15 is 0 Å². The summed E-state index contributed by atoms with van der Waals surface area (Å²) in [7, 11) is 0. The number of rotatable bonds is 3. The quantitative estimate of drug-likeness (QED) is 0.765. The summed E-state index contributed by atoms with van der Waals surface area (Å²) in [6, 6.07) is 14.5. The molecule has 0 aromatic heterocycles. The Morgan fingerprint density at radius 2 is 2.00 bits per heavy atom. The van der Waals surface area contributed by atoms with Gasteiger partial charge in [0.15, 0.2) is 0 Å². The van der Waals surface area contributed by atoms with Crippen LogP contribution in [0.15, 0.2) is 47.4 Å². The fourth-order valence-corrected chi connectivity index (χ4v) is 2.70. The van der Waals surface area contributed by atoms with Crippen molar-refractivity contribution in [2.45, 2.75) is 17.6 Å². The molecular formula is C15H12FNS. The number of hydrogen-bond acceptors (Lipinski definition) is 2. The maximum atomic E-state index is 13.3. The molecule has 0 unspecified atom stereocenters. The van der Waals surface area contributed by atoms with Gasteiger partial charge in [-0.25, -0.2) is 4.39 Å². The first kappa shape index (κ1) is 12.7. The average Bonchev–Trinajstić information content (AvgIpc) is 2.37. The van der Waals surface area contributed by atoms with Crippen molar-refractivity contribution in [3.8, 4) is 6.07 Å². The molecule has 0 spiro atoms. The summed E-state index contributed by atoms with van der Waals surface area (Å²) in [5.74, 6) is 0.419. The Labute approximate surface area is 110 Å². The van der Waals surface area contributed by atoms with Crippen LogP contribution in [0.3, 0.4) is 0 Å². The van der Waals surface area contributed by atoms with Gasteiger partial charge in [-0.2, -0.15) is 5.26 Å². The highest BCUT2D eigenvalue weighted by atomic mass is 32.2. The number of nitrogens with zero attached hydrogens (tertiary/aromatic N) is 1. The Morgan fingerprint density at radius 3 is 2.72 bits per heavy atom. The summed E-state index contributed by atoms with van der Waals surface area (Å²) in [6.45, 7) is 2.06. The molecule has 0 bridgehead atoms. The van der Waals surface area contributed by atoms with E-state index in [0.29, 0.717) is 5.56 Å². The van der Waals surface area contributed by atoms with Crippen molar-refractivity contribution < 1.29 is 4.39 Å². The topological polar surface area (TPSA) is 23.8 Å². The van der Waals surface area contributed by atoms with Crippen molar-refractivity contribution >= 4 is 11.8 Å². The molecule has 18 heavy (non-hydrogen) atoms. The van der Waals surface area contributed by atoms with Crippen LogP contribution < -0.4 is 0 Å². The lowest BCUT2D eigenvalue weighted by Gasteiger charge is -2.05. The number of halogens is 1. The van der Waals surface area contributed by atoms with E-state index in [-0.39, 0.29) is 5.82 Å². The monoisotopic (exact) mass is 257 g/mol. The van der Waals surface area contributed by atoms with Gasteiger partial charge < -0.3 is 0 Å². The number of hydrogen-bond donors (Lipinski definition) is 0. The molecule has 0 atom stereocenters. The molecule has 0 radical (unpaired) electrons. The molecule has 2 rings (SSSR count). The van der Waals surface area contributed by atoms with Gasteiger partial charge >= 0.3 is 0 Å². The molecule has 0 fully saturated rings. The van der Waals surface area contributed by atoms with E-state index in [9.17, 15) is 4.39 Å². The minimum atomic E-state index is -0.360. The molecule has 0 heterocycles. The van der Waals surface area contributed by atoms with Gasteiger partial charge in [-0.3, -0.25) is 0 Å². The lowest BCUT2D eigenvalue weighted by molar-refractivity contribution is 0.623. The van der Waals surface area contributed by atoms with Gasteiger partial charge in [0, 0.05) is 10.6 Å². The third-order valence-corrected chi connectivity index (χ3v) is 3.68. The number of thioether (sulfide) groups is 1. The van der Waals surface area contributed by atoms with Crippen LogP contribution in [-0.4, -0.2) is 0 Å². The number of nitriles is 1. The molecule has 90 valence electrons. The van der Waals surface area contributed by atoms with Crippen LogP contribution in [-0.2, 0) is 5.75 Å². The number of benzene rings is 2. The smallest absolute Gasteiger partial charge is 0.125 e. The molecule has 0 saturated carbocycles. The molecule has 2 aromatic rings. The standard InChI is InChI=1S/C15H12FNS/c1-11-4-2-3-5-13(11)10-18-15-7-12(9-17)6-14(16)8-15/h2-8H,10H2,1H3. The molecule has 1 nitrogen and oxygen atoms in total. The summed E-state index contributed by atoms with van der Waals surface area (Å²) in [5.41, 5.74) is 2.81. The predicted molar refractivity (Wildman–Crippen MR) is 71.9 cm³/mol. The van der Waals surface area contributed by atoms with Crippen LogP contribution in [0.1, 0.15) is 16.7 Å². The van der Waals surface area contributed by atoms with Crippen molar-refractivity contribution in [1.29, 1.82) is 5.26 Å². The van der Waals surface area contributed by atoms with E-state index in [4.69, 9.17) is 5.26 Å². The van der Waals surface area contributed by atoms with Crippen molar-refractivity contribution in [2.75, 3.05) is 0 Å². The molecule has 0 aliphatic rings. The van der Waals surface area contributed by atoms with E-state index in [0.717, 1.165) is 10.6 Å². The Morgan fingerprint density at radius 1 is 1.22 bits per heavy atom. The number of aryl methyl sites for hydroxylation is 1. The predicted octanol–water partition coefficient (Wildman–Crippen LogP) is 4.30. The Balaban J connectivity index is 2.14. The highest BCUT2D eigenvalue weighted by molar-refractivity contribution is 7.98. The SMILES string of the molecule is Cc1ccccc1CSc1cc(F)cc(C#N)c1. The van der Waals surface area contributed by atoms with Gasteiger partial charge in [0.2, 0.25) is 0 Å². The first-order valence-corrected chi connectivity index (χ1v) is 6.55. The molecule has 0 N–H and O–H groups in total. The Bertz CT molecular complexity index is 602. The Hall–Kier alpha value is -1.79. The van der Waals surface area contributed by atoms with Crippen LogP contribution in [0, 0.1) is 24.1 Å². The second-order valence-corrected chi connectivity index (χ2v) is 5.05. The van der Waals surface area contributed by atoms with Crippen molar-refractivity contribution in [3.63, 3.8) is 0 Å². The van der Waals surface area contributed by atoms with Crippen LogP contribution in [0.2, 0.25) is 0 Å². The van der Waals surface area contributed by atoms with E-state index < -0.39 is 0 Å². The summed E-state index contributed by atoms with van der Waals surface area (Å²) in [5, 5.41) is 8.79. The van der Waals surface area contributed by atoms with Gasteiger partial charge in [0.05, 0.1) is 11.6 Å². The largest absolute Gasteiger partial charge is 0.207 e. The minimum absolute atomic E-state index is 0.360. The van der Waals surface area contributed by atoms with Crippen LogP contribution in [0.4, 0.5) is 4.39 Å². The highest BCUT2D eigenvalue weighted by Gasteiger charge is 2.03. The van der Waals surface area contributed by atoms with Crippen LogP contribution >= 0.6 is 11.8 Å². The molecule has 0 aliphatic carbocycles. The van der Waals surface area contributed by atoms with E-state index in [1.165, 1.54) is 23.3 Å². The lowest BCUT2D eigenvalue weighted by atomic mass is 10.1. The first-order chi connectivity index (χ1) is 8.69. The summed E-state index contributed by atoms with van der Waals surface area (Å²) in [6.07, 6.45) is 0. The zero-order valence-electron chi connectivity index (χ0n) is 9.98. The second kappa shape index (κ2) is 5.70. The summed E-state index contributed by atoms with van der Waals surface area (Å²) < 4.78 is 13.3. The normalized spacial score (nSPS) is 10.1. The van der Waals surface area contributed by atoms with Crippen LogP contribution in [0.5, 0.6) is 0 Å². The van der Waals surface area contributed by atoms with Gasteiger partial charge in [-0.15, -0.1) is 11.8 Å². The average molecular weight is 257 g/mol. The third-order valence-electron chi connectivity index (χ3n) is 2.66. The van der Waals surface area contributed by atoms with Crippen molar-refractivity contribution in [3.05, 3.63) is 65.0 Å². The third kappa shape index (κ3) is 3.12. The van der Waals surface area contributed by atoms with E-state index in [1.807, 2.05) is 18.2 Å². The molecule has 0 saturated heterocycles. The minimum Gasteiger partial charge on any atom is -0.207 e. The fraction of sp³-hybridized carbons (Fsp3) is 0.133. The highest BCUT2D eigenvalue weighted by Crippen LogP contribution is 2.25. The van der Waals surface area contributed by atoms with Gasteiger partial charge in [-0.1, -0.05) is 24.3 Å². The first-order valence-electron chi connectivity index (χ1n) is 5.57. The molecular weight excluding hydrogens is 245 g/mol. The van der Waals surface area contributed by atoms with E-state index in [2.05, 4.69) is 19.1 Å². The lowest BCUT2D eigenvalue weighted by Crippen LogP contribution is -1.87. The van der Waals surface area contributed by atoms with Gasteiger partial charge in [0.1, 0.15) is 5.82 Å².